The van der Waals surface area contributed by atoms with E-state index in [-0.39, 0.29) is 57.1 Å². The van der Waals surface area contributed by atoms with E-state index in [2.05, 4.69) is 0 Å². The Balaban J connectivity index is 0.000000980. The molecule has 2 aromatic carbocycles. The van der Waals surface area contributed by atoms with E-state index in [1.54, 1.807) is 19.2 Å². The van der Waals surface area contributed by atoms with E-state index < -0.39 is 0 Å². The average Bonchev–Trinajstić information content (AvgIpc) is 2.19. The Morgan fingerprint density at radius 2 is 1.64 bits per heavy atom. The third kappa shape index (κ3) is 2.12. The molecule has 0 radical (unpaired) electrons. The van der Waals surface area contributed by atoms with Crippen LogP contribution in [0.2, 0.25) is 0 Å². The van der Waals surface area contributed by atoms with E-state index in [0.29, 0.717) is 5.39 Å². The molecule has 2 nitrogen and oxygen atoms in total. The van der Waals surface area contributed by atoms with Gasteiger partial charge in [-0.3, -0.25) is 0 Å². The Hall–Kier alpha value is -0.0636. The predicted octanol–water partition coefficient (Wildman–Crippen LogP) is -1.07. The summed E-state index contributed by atoms with van der Waals surface area (Å²) in [6.07, 6.45) is 0. The van der Waals surface area contributed by atoms with Gasteiger partial charge in [-0.05, 0) is 11.5 Å². The minimum absolute atomic E-state index is 0. The van der Waals surface area contributed by atoms with Crippen molar-refractivity contribution < 1.29 is 61.2 Å². The third-order valence-corrected chi connectivity index (χ3v) is 2.06. The Morgan fingerprint density at radius 1 is 1.00 bits per heavy atom. The fraction of sp³-hybridized carbons (Fsp3) is 0.0909. The molecule has 0 N–H and O–H groups in total. The molecule has 2 aromatic rings. The van der Waals surface area contributed by atoms with Crippen molar-refractivity contribution in [1.82, 2.24) is 0 Å². The van der Waals surface area contributed by atoms with Crippen molar-refractivity contribution in [3.05, 3.63) is 36.4 Å². The van der Waals surface area contributed by atoms with Crippen LogP contribution in [0.25, 0.3) is 10.8 Å². The maximum atomic E-state index is 11.4. The van der Waals surface area contributed by atoms with Gasteiger partial charge < -0.3 is 9.84 Å². The number of ether oxygens (including phenoxy) is 1. The van der Waals surface area contributed by atoms with Crippen LogP contribution in [-0.4, -0.2) is 7.11 Å². The first-order valence-corrected chi connectivity index (χ1v) is 4.05. The fourth-order valence-electron chi connectivity index (χ4n) is 1.42. The molecule has 14 heavy (non-hydrogen) atoms. The predicted molar refractivity (Wildman–Crippen MR) is 49.9 cm³/mol. The number of fused-ring (bicyclic) bond motifs is 1. The summed E-state index contributed by atoms with van der Waals surface area (Å²) in [5.74, 6) is 0.784. The van der Waals surface area contributed by atoms with Crippen LogP contribution in [0.5, 0.6) is 11.5 Å². The molecular weight excluding hydrogens is 203 g/mol. The molecule has 0 fully saturated rings. The zero-order valence-corrected chi connectivity index (χ0v) is 11.4. The molecule has 0 aliphatic rings. The van der Waals surface area contributed by atoms with Crippen molar-refractivity contribution in [2.75, 3.05) is 7.11 Å². The Morgan fingerprint density at radius 3 is 2.29 bits per heavy atom. The van der Waals surface area contributed by atoms with Gasteiger partial charge in [-0.2, -0.15) is 0 Å². The second kappa shape index (κ2) is 5.14. The molecule has 0 bridgehead atoms. The van der Waals surface area contributed by atoms with Crippen LogP contribution >= 0.6 is 0 Å². The molecule has 2 rings (SSSR count). The number of hydrogen-bond donors (Lipinski definition) is 0. The fourth-order valence-corrected chi connectivity index (χ4v) is 1.42. The van der Waals surface area contributed by atoms with E-state index in [1.165, 1.54) is 6.07 Å². The van der Waals surface area contributed by atoms with Crippen molar-refractivity contribution in [2.45, 2.75) is 0 Å². The van der Waals surface area contributed by atoms with Crippen LogP contribution in [0.15, 0.2) is 36.4 Å². The first-order chi connectivity index (χ1) is 6.33. The minimum Gasteiger partial charge on any atom is -0.872 e. The van der Waals surface area contributed by atoms with Crippen LogP contribution in [0.1, 0.15) is 0 Å². The monoisotopic (exact) mass is 212 g/mol. The minimum atomic E-state index is 0. The van der Waals surface area contributed by atoms with Gasteiger partial charge in [0, 0.05) is 5.39 Å². The van der Waals surface area contributed by atoms with Crippen LogP contribution in [0.3, 0.4) is 0 Å². The van der Waals surface area contributed by atoms with E-state index in [9.17, 15) is 5.11 Å². The molecule has 0 aliphatic carbocycles. The van der Waals surface area contributed by atoms with Crippen molar-refractivity contribution in [2.24, 2.45) is 0 Å². The van der Waals surface area contributed by atoms with Crippen LogP contribution in [-0.2, 0) is 0 Å². The first-order valence-electron chi connectivity index (χ1n) is 4.05. The standard InChI is InChI=1S/C11H10O2.K/c1-13-11-7-6-10(12)8-4-2-3-5-9(8)11;/h2-7,12H,1H3;/q;+1/p-1. The van der Waals surface area contributed by atoms with E-state index in [1.807, 2.05) is 18.2 Å². The molecule has 0 aliphatic heterocycles. The summed E-state index contributed by atoms with van der Waals surface area (Å²) < 4.78 is 5.14. The SMILES string of the molecule is COc1ccc([O-])c2ccccc12.[K+]. The summed E-state index contributed by atoms with van der Waals surface area (Å²) in [5, 5.41) is 13.0. The molecule has 0 aromatic heterocycles. The molecule has 66 valence electrons. The summed E-state index contributed by atoms with van der Waals surface area (Å²) in [6.45, 7) is 0. The van der Waals surface area contributed by atoms with Crippen molar-refractivity contribution in [3.63, 3.8) is 0 Å². The summed E-state index contributed by atoms with van der Waals surface area (Å²) in [6, 6.07) is 10.7. The van der Waals surface area contributed by atoms with Gasteiger partial charge in [0.1, 0.15) is 5.75 Å². The molecule has 0 saturated carbocycles. The van der Waals surface area contributed by atoms with Crippen LogP contribution < -0.4 is 61.2 Å². The molecule has 0 heterocycles. The third-order valence-electron chi connectivity index (χ3n) is 2.06. The molecule has 0 atom stereocenters. The van der Waals surface area contributed by atoms with Crippen LogP contribution in [0, 0.1) is 0 Å². The van der Waals surface area contributed by atoms with E-state index in [0.717, 1.165) is 11.1 Å². The largest absolute Gasteiger partial charge is 1.00 e. The number of methoxy groups -OCH3 is 1. The molecular formula is C11H9KO2. The van der Waals surface area contributed by atoms with Gasteiger partial charge in [0.25, 0.3) is 0 Å². The second-order valence-corrected chi connectivity index (χ2v) is 2.81. The Labute approximate surface area is 125 Å². The van der Waals surface area contributed by atoms with E-state index >= 15 is 0 Å². The van der Waals surface area contributed by atoms with Gasteiger partial charge in [-0.15, -0.1) is 5.75 Å². The first kappa shape index (κ1) is 12.0. The Kier molecular flexibility index (Phi) is 4.41. The summed E-state index contributed by atoms with van der Waals surface area (Å²) in [4.78, 5) is 0. The van der Waals surface area contributed by atoms with Crippen molar-refractivity contribution in [3.8, 4) is 11.5 Å². The Bertz CT molecular complexity index is 440. The summed E-state index contributed by atoms with van der Waals surface area (Å²) >= 11 is 0. The topological polar surface area (TPSA) is 32.3 Å². The van der Waals surface area contributed by atoms with Gasteiger partial charge in [0.2, 0.25) is 0 Å². The quantitative estimate of drug-likeness (QED) is 0.564. The van der Waals surface area contributed by atoms with Crippen molar-refractivity contribution in [1.29, 1.82) is 0 Å². The van der Waals surface area contributed by atoms with Gasteiger partial charge >= 0.3 is 51.4 Å². The van der Waals surface area contributed by atoms with Gasteiger partial charge in [0.05, 0.1) is 7.11 Å². The smallest absolute Gasteiger partial charge is 0.872 e. The molecule has 0 saturated heterocycles. The van der Waals surface area contributed by atoms with Crippen LogP contribution in [0.4, 0.5) is 0 Å². The van der Waals surface area contributed by atoms with Gasteiger partial charge in [-0.25, -0.2) is 0 Å². The number of benzene rings is 2. The second-order valence-electron chi connectivity index (χ2n) is 2.81. The zero-order valence-electron chi connectivity index (χ0n) is 8.28. The number of rotatable bonds is 1. The summed E-state index contributed by atoms with van der Waals surface area (Å²) in [7, 11) is 1.60. The number of hydrogen-bond acceptors (Lipinski definition) is 2. The molecule has 3 heteroatoms. The molecule has 0 unspecified atom stereocenters. The van der Waals surface area contributed by atoms with Gasteiger partial charge in [-0.1, -0.05) is 30.3 Å². The normalized spacial score (nSPS) is 9.50. The molecule has 0 spiro atoms. The summed E-state index contributed by atoms with van der Waals surface area (Å²) in [5.41, 5.74) is 0. The van der Waals surface area contributed by atoms with Gasteiger partial charge in [0.15, 0.2) is 0 Å². The maximum absolute atomic E-state index is 11.4. The van der Waals surface area contributed by atoms with Crippen molar-refractivity contribution >= 4 is 10.8 Å². The maximum Gasteiger partial charge on any atom is 1.00 e. The molecule has 0 amide bonds. The average molecular weight is 212 g/mol. The van der Waals surface area contributed by atoms with E-state index in [4.69, 9.17) is 4.74 Å². The zero-order chi connectivity index (χ0) is 9.26.